The Balaban J connectivity index is 1.93. The Labute approximate surface area is 158 Å². The minimum atomic E-state index is -1.88. The number of fused-ring (bicyclic) bond motifs is 1. The van der Waals surface area contributed by atoms with Gasteiger partial charge in [0.2, 0.25) is 0 Å². The number of aryl methyl sites for hydroxylation is 2. The van der Waals surface area contributed by atoms with Gasteiger partial charge in [0.05, 0.1) is 18.2 Å². The summed E-state index contributed by atoms with van der Waals surface area (Å²) < 4.78 is 0. The Bertz CT molecular complexity index is 945. The van der Waals surface area contributed by atoms with Gasteiger partial charge in [-0.1, -0.05) is 42.0 Å². The molecule has 0 saturated heterocycles. The van der Waals surface area contributed by atoms with Crippen molar-refractivity contribution in [1.29, 1.82) is 5.26 Å². The number of carbonyl (C=O) groups excluding carboxylic acids is 2. The smallest absolute Gasteiger partial charge is 0.264 e. The molecule has 0 saturated carbocycles. The molecule has 2 aromatic carbocycles. The van der Waals surface area contributed by atoms with Crippen molar-refractivity contribution in [1.82, 2.24) is 0 Å². The van der Waals surface area contributed by atoms with Crippen LogP contribution in [0.5, 0.6) is 0 Å². The number of anilines is 1. The highest BCUT2D eigenvalue weighted by atomic mass is 16.3. The topological polar surface area (TPSA) is 81.4 Å². The molecule has 5 nitrogen and oxygen atoms in total. The largest absolute Gasteiger partial charge is 0.375 e. The molecule has 0 bridgehead atoms. The maximum Gasteiger partial charge on any atom is 0.264 e. The zero-order valence-corrected chi connectivity index (χ0v) is 15.5. The van der Waals surface area contributed by atoms with Gasteiger partial charge in [-0.15, -0.1) is 0 Å². The van der Waals surface area contributed by atoms with Crippen LogP contribution < -0.4 is 4.90 Å². The van der Waals surface area contributed by atoms with Gasteiger partial charge < -0.3 is 10.0 Å². The highest BCUT2D eigenvalue weighted by Gasteiger charge is 2.50. The van der Waals surface area contributed by atoms with Crippen LogP contribution in [0.4, 0.5) is 5.69 Å². The number of aliphatic hydroxyl groups is 1. The first-order valence-electron chi connectivity index (χ1n) is 8.99. The standard InChI is InChI=1S/C22H22N2O3/c1-15-9-10-17(16(2)13-15)20(25)14-22(27)18-7-3-4-8-19(18)24(21(22)26)12-6-5-11-23/h3-4,7-10,13,27H,5-6,12,14H2,1-2H3/t22-/m1/s1. The number of ketones is 1. The molecule has 138 valence electrons. The number of amides is 1. The molecular weight excluding hydrogens is 340 g/mol. The molecule has 1 heterocycles. The van der Waals surface area contributed by atoms with E-state index in [9.17, 15) is 14.7 Å². The van der Waals surface area contributed by atoms with Crippen LogP contribution in [0.1, 0.15) is 46.3 Å². The zero-order chi connectivity index (χ0) is 19.6. The predicted octanol–water partition coefficient (Wildman–Crippen LogP) is 3.41. The summed E-state index contributed by atoms with van der Waals surface area (Å²) in [6, 6.07) is 14.6. The van der Waals surface area contributed by atoms with Gasteiger partial charge in [-0.3, -0.25) is 9.59 Å². The molecule has 27 heavy (non-hydrogen) atoms. The lowest BCUT2D eigenvalue weighted by Crippen LogP contribution is -2.42. The van der Waals surface area contributed by atoms with Gasteiger partial charge in [0.1, 0.15) is 0 Å². The lowest BCUT2D eigenvalue weighted by atomic mass is 9.87. The van der Waals surface area contributed by atoms with Gasteiger partial charge in [-0.25, -0.2) is 0 Å². The number of nitrogens with zero attached hydrogens (tertiary/aromatic N) is 2. The highest BCUT2D eigenvalue weighted by Crippen LogP contribution is 2.43. The molecule has 0 aliphatic carbocycles. The molecular formula is C22H22N2O3. The minimum absolute atomic E-state index is 0.267. The van der Waals surface area contributed by atoms with E-state index in [1.54, 1.807) is 30.3 Å². The molecule has 5 heteroatoms. The van der Waals surface area contributed by atoms with Crippen molar-refractivity contribution >= 4 is 17.4 Å². The molecule has 1 N–H and O–H groups in total. The summed E-state index contributed by atoms with van der Waals surface area (Å²) in [5, 5.41) is 20.0. The van der Waals surface area contributed by atoms with E-state index >= 15 is 0 Å². The Hall–Kier alpha value is -2.97. The number of nitriles is 1. The van der Waals surface area contributed by atoms with Crippen LogP contribution in [0.15, 0.2) is 42.5 Å². The van der Waals surface area contributed by atoms with Crippen LogP contribution in [0.25, 0.3) is 0 Å². The third-order valence-electron chi connectivity index (χ3n) is 5.01. The van der Waals surface area contributed by atoms with Crippen molar-refractivity contribution in [2.75, 3.05) is 11.4 Å². The summed E-state index contributed by atoms with van der Waals surface area (Å²) in [5.74, 6) is -0.767. The molecule has 1 atom stereocenters. The number of hydrogen-bond acceptors (Lipinski definition) is 4. The third-order valence-corrected chi connectivity index (χ3v) is 5.01. The maximum absolute atomic E-state index is 13.0. The van der Waals surface area contributed by atoms with Crippen LogP contribution >= 0.6 is 0 Å². The van der Waals surface area contributed by atoms with Crippen LogP contribution in [0.2, 0.25) is 0 Å². The maximum atomic E-state index is 13.0. The average molecular weight is 362 g/mol. The quantitative estimate of drug-likeness (QED) is 0.631. The lowest BCUT2D eigenvalue weighted by Gasteiger charge is -2.23. The van der Waals surface area contributed by atoms with Crippen molar-refractivity contribution in [3.05, 3.63) is 64.7 Å². The van der Waals surface area contributed by atoms with E-state index in [1.165, 1.54) is 4.90 Å². The Morgan fingerprint density at radius 1 is 1.22 bits per heavy atom. The fraction of sp³-hybridized carbons (Fsp3) is 0.318. The van der Waals surface area contributed by atoms with E-state index in [0.717, 1.165) is 11.1 Å². The van der Waals surface area contributed by atoms with Crippen LogP contribution in [0, 0.1) is 25.2 Å². The normalized spacial score (nSPS) is 18.3. The first kappa shape index (κ1) is 18.8. The van der Waals surface area contributed by atoms with Crippen LogP contribution in [0.3, 0.4) is 0 Å². The molecule has 1 aliphatic rings. The molecule has 0 unspecified atom stereocenters. The highest BCUT2D eigenvalue weighted by molar-refractivity contribution is 6.11. The van der Waals surface area contributed by atoms with E-state index in [1.807, 2.05) is 26.0 Å². The van der Waals surface area contributed by atoms with Gasteiger partial charge in [0.15, 0.2) is 11.4 Å². The van der Waals surface area contributed by atoms with Crippen LogP contribution in [-0.2, 0) is 10.4 Å². The zero-order valence-electron chi connectivity index (χ0n) is 15.5. The summed E-state index contributed by atoms with van der Waals surface area (Å²) in [6.45, 7) is 4.14. The minimum Gasteiger partial charge on any atom is -0.375 e. The van der Waals surface area contributed by atoms with E-state index in [0.29, 0.717) is 36.2 Å². The van der Waals surface area contributed by atoms with Gasteiger partial charge >= 0.3 is 0 Å². The summed E-state index contributed by atoms with van der Waals surface area (Å²) in [4.78, 5) is 27.4. The number of para-hydroxylation sites is 1. The number of benzene rings is 2. The first-order chi connectivity index (χ1) is 12.9. The fourth-order valence-electron chi connectivity index (χ4n) is 3.67. The summed E-state index contributed by atoms with van der Waals surface area (Å²) in [6.07, 6.45) is 0.533. The molecule has 2 aromatic rings. The molecule has 1 amide bonds. The fourth-order valence-corrected chi connectivity index (χ4v) is 3.67. The third kappa shape index (κ3) is 3.36. The van der Waals surface area contributed by atoms with Gasteiger partial charge in [-0.05, 0) is 31.9 Å². The molecule has 0 fully saturated rings. The summed E-state index contributed by atoms with van der Waals surface area (Å²) in [5.41, 5.74) is 1.57. The summed E-state index contributed by atoms with van der Waals surface area (Å²) in [7, 11) is 0. The molecule has 1 aliphatic heterocycles. The van der Waals surface area contributed by atoms with Gasteiger partial charge in [0, 0.05) is 24.1 Å². The van der Waals surface area contributed by atoms with E-state index < -0.39 is 11.5 Å². The molecule has 0 radical (unpaired) electrons. The van der Waals surface area contributed by atoms with Gasteiger partial charge in [-0.2, -0.15) is 5.26 Å². The van der Waals surface area contributed by atoms with Crippen molar-refractivity contribution in [3.8, 4) is 6.07 Å². The van der Waals surface area contributed by atoms with Crippen LogP contribution in [-0.4, -0.2) is 23.3 Å². The van der Waals surface area contributed by atoms with Gasteiger partial charge in [0.25, 0.3) is 5.91 Å². The van der Waals surface area contributed by atoms with Crippen molar-refractivity contribution < 1.29 is 14.7 Å². The SMILES string of the molecule is Cc1ccc(C(=O)C[C@]2(O)C(=O)N(CCCC#N)c3ccccc32)c(C)c1. The second kappa shape index (κ2) is 7.34. The number of carbonyl (C=O) groups is 2. The Kier molecular flexibility index (Phi) is 5.11. The lowest BCUT2D eigenvalue weighted by molar-refractivity contribution is -0.135. The second-order valence-electron chi connectivity index (χ2n) is 7.01. The second-order valence-corrected chi connectivity index (χ2v) is 7.01. The summed E-state index contributed by atoms with van der Waals surface area (Å²) >= 11 is 0. The average Bonchev–Trinajstić information content (AvgIpc) is 2.84. The molecule has 0 aromatic heterocycles. The Morgan fingerprint density at radius 2 is 1.96 bits per heavy atom. The number of Topliss-reactive ketones (excluding diaryl/α,β-unsaturated/α-hetero) is 1. The van der Waals surface area contributed by atoms with E-state index in [2.05, 4.69) is 6.07 Å². The monoisotopic (exact) mass is 362 g/mol. The number of hydrogen-bond donors (Lipinski definition) is 1. The van der Waals surface area contributed by atoms with Crippen molar-refractivity contribution in [3.63, 3.8) is 0 Å². The number of unbranched alkanes of at least 4 members (excludes halogenated alkanes) is 1. The molecule has 3 rings (SSSR count). The van der Waals surface area contributed by atoms with E-state index in [-0.39, 0.29) is 12.2 Å². The number of rotatable bonds is 6. The first-order valence-corrected chi connectivity index (χ1v) is 8.99. The Morgan fingerprint density at radius 3 is 2.67 bits per heavy atom. The van der Waals surface area contributed by atoms with E-state index in [4.69, 9.17) is 5.26 Å². The van der Waals surface area contributed by atoms with Crippen molar-refractivity contribution in [2.24, 2.45) is 0 Å². The predicted molar refractivity (Wildman–Crippen MR) is 102 cm³/mol. The van der Waals surface area contributed by atoms with Crippen molar-refractivity contribution in [2.45, 2.75) is 38.7 Å². The molecule has 0 spiro atoms.